The van der Waals surface area contributed by atoms with Crippen LogP contribution in [0.2, 0.25) is 0 Å². The molecule has 0 aliphatic rings. The summed E-state index contributed by atoms with van der Waals surface area (Å²) in [6.45, 7) is 0.781. The van der Waals surface area contributed by atoms with Crippen molar-refractivity contribution in [3.63, 3.8) is 0 Å². The Morgan fingerprint density at radius 3 is 2.47 bits per heavy atom. The first-order valence-corrected chi connectivity index (χ1v) is 6.26. The lowest BCUT2D eigenvalue weighted by Crippen LogP contribution is -2.02. The summed E-state index contributed by atoms with van der Waals surface area (Å²) < 4.78 is 0.929. The molecular formula is C14H14BrNO. The number of aliphatic hydroxyl groups is 1. The second kappa shape index (κ2) is 5.84. The van der Waals surface area contributed by atoms with Gasteiger partial charge in [0.05, 0.1) is 6.61 Å². The van der Waals surface area contributed by atoms with Crippen molar-refractivity contribution in [2.45, 2.75) is 13.2 Å². The Kier molecular flexibility index (Phi) is 4.18. The molecule has 2 N–H and O–H groups in total. The van der Waals surface area contributed by atoms with Gasteiger partial charge in [-0.3, -0.25) is 0 Å². The number of anilines is 1. The molecule has 0 heterocycles. The maximum absolute atomic E-state index is 9.33. The standard InChI is InChI=1S/C14H14BrNO/c15-13-7-4-8-14(12(13)10-17)16-9-11-5-2-1-3-6-11/h1-8,16-17H,9-10H2. The second-order valence-corrected chi connectivity index (χ2v) is 4.62. The van der Waals surface area contributed by atoms with Crippen molar-refractivity contribution in [3.8, 4) is 0 Å². The Hall–Kier alpha value is -1.32. The molecule has 0 amide bonds. The van der Waals surface area contributed by atoms with E-state index in [1.54, 1.807) is 0 Å². The number of benzene rings is 2. The van der Waals surface area contributed by atoms with Crippen molar-refractivity contribution >= 4 is 21.6 Å². The minimum Gasteiger partial charge on any atom is -0.392 e. The largest absolute Gasteiger partial charge is 0.392 e. The molecule has 2 nitrogen and oxygen atoms in total. The van der Waals surface area contributed by atoms with Crippen molar-refractivity contribution in [2.24, 2.45) is 0 Å². The van der Waals surface area contributed by atoms with Gasteiger partial charge in [-0.15, -0.1) is 0 Å². The lowest BCUT2D eigenvalue weighted by atomic mass is 10.1. The smallest absolute Gasteiger partial charge is 0.0713 e. The summed E-state index contributed by atoms with van der Waals surface area (Å²) in [4.78, 5) is 0. The van der Waals surface area contributed by atoms with E-state index in [4.69, 9.17) is 0 Å². The van der Waals surface area contributed by atoms with Crippen LogP contribution in [0.1, 0.15) is 11.1 Å². The number of nitrogens with one attached hydrogen (secondary N) is 1. The van der Waals surface area contributed by atoms with Crippen LogP contribution >= 0.6 is 15.9 Å². The van der Waals surface area contributed by atoms with E-state index >= 15 is 0 Å². The summed E-state index contributed by atoms with van der Waals surface area (Å²) in [7, 11) is 0. The van der Waals surface area contributed by atoms with Crippen molar-refractivity contribution in [1.29, 1.82) is 0 Å². The highest BCUT2D eigenvalue weighted by Gasteiger charge is 2.04. The third-order valence-corrected chi connectivity index (χ3v) is 3.35. The minimum atomic E-state index is 0.0263. The lowest BCUT2D eigenvalue weighted by molar-refractivity contribution is 0.281. The summed E-state index contributed by atoms with van der Waals surface area (Å²) in [5.41, 5.74) is 3.07. The zero-order valence-electron chi connectivity index (χ0n) is 9.36. The molecule has 0 aliphatic carbocycles. The normalized spacial score (nSPS) is 10.2. The maximum atomic E-state index is 9.33. The van der Waals surface area contributed by atoms with Gasteiger partial charge in [0.15, 0.2) is 0 Å². The van der Waals surface area contributed by atoms with E-state index in [0.717, 1.165) is 22.3 Å². The van der Waals surface area contributed by atoms with Gasteiger partial charge in [-0.05, 0) is 17.7 Å². The molecule has 88 valence electrons. The van der Waals surface area contributed by atoms with E-state index in [1.165, 1.54) is 5.56 Å². The monoisotopic (exact) mass is 291 g/mol. The molecule has 0 unspecified atom stereocenters. The number of halogens is 1. The van der Waals surface area contributed by atoms with E-state index in [0.29, 0.717) is 0 Å². The van der Waals surface area contributed by atoms with Gasteiger partial charge in [0.2, 0.25) is 0 Å². The van der Waals surface area contributed by atoms with Crippen molar-refractivity contribution in [2.75, 3.05) is 5.32 Å². The van der Waals surface area contributed by atoms with Crippen LogP contribution in [-0.4, -0.2) is 5.11 Å². The molecule has 2 aromatic rings. The Bertz CT molecular complexity index is 485. The van der Waals surface area contributed by atoms with Crippen molar-refractivity contribution < 1.29 is 5.11 Å². The molecule has 0 saturated heterocycles. The van der Waals surface area contributed by atoms with Crippen LogP contribution in [0.25, 0.3) is 0 Å². The van der Waals surface area contributed by atoms with Crippen LogP contribution in [0.4, 0.5) is 5.69 Å². The van der Waals surface area contributed by atoms with Gasteiger partial charge in [0, 0.05) is 22.3 Å². The van der Waals surface area contributed by atoms with E-state index in [2.05, 4.69) is 33.4 Å². The van der Waals surface area contributed by atoms with E-state index in [1.807, 2.05) is 36.4 Å². The quantitative estimate of drug-likeness (QED) is 0.903. The van der Waals surface area contributed by atoms with Gasteiger partial charge < -0.3 is 10.4 Å². The molecular weight excluding hydrogens is 278 g/mol. The molecule has 0 aromatic heterocycles. The molecule has 0 atom stereocenters. The van der Waals surface area contributed by atoms with Crippen LogP contribution in [0.3, 0.4) is 0 Å². The van der Waals surface area contributed by atoms with Crippen LogP contribution in [0.15, 0.2) is 53.0 Å². The fourth-order valence-corrected chi connectivity index (χ4v) is 2.17. The van der Waals surface area contributed by atoms with Crippen molar-refractivity contribution in [3.05, 3.63) is 64.1 Å². The zero-order chi connectivity index (χ0) is 12.1. The van der Waals surface area contributed by atoms with E-state index in [-0.39, 0.29) is 6.61 Å². The van der Waals surface area contributed by atoms with Gasteiger partial charge in [-0.25, -0.2) is 0 Å². The van der Waals surface area contributed by atoms with Crippen molar-refractivity contribution in [1.82, 2.24) is 0 Å². The molecule has 0 radical (unpaired) electrons. The van der Waals surface area contributed by atoms with Gasteiger partial charge in [-0.1, -0.05) is 52.3 Å². The zero-order valence-corrected chi connectivity index (χ0v) is 10.9. The molecule has 0 saturated carbocycles. The molecule has 17 heavy (non-hydrogen) atoms. The highest BCUT2D eigenvalue weighted by atomic mass is 79.9. The highest BCUT2D eigenvalue weighted by Crippen LogP contribution is 2.25. The fourth-order valence-electron chi connectivity index (χ4n) is 1.68. The van der Waals surface area contributed by atoms with Crippen LogP contribution in [0, 0.1) is 0 Å². The van der Waals surface area contributed by atoms with Gasteiger partial charge in [0.1, 0.15) is 0 Å². The number of rotatable bonds is 4. The number of aliphatic hydroxyl groups excluding tert-OH is 1. The first-order valence-electron chi connectivity index (χ1n) is 5.47. The Balaban J connectivity index is 2.12. The number of hydrogen-bond acceptors (Lipinski definition) is 2. The van der Waals surface area contributed by atoms with Gasteiger partial charge in [0.25, 0.3) is 0 Å². The minimum absolute atomic E-state index is 0.0263. The molecule has 0 bridgehead atoms. The fraction of sp³-hybridized carbons (Fsp3) is 0.143. The summed E-state index contributed by atoms with van der Waals surface area (Å²) >= 11 is 3.43. The molecule has 0 spiro atoms. The van der Waals surface area contributed by atoms with Gasteiger partial charge in [-0.2, -0.15) is 0 Å². The first kappa shape index (κ1) is 12.1. The summed E-state index contributed by atoms with van der Waals surface area (Å²) in [6, 6.07) is 16.0. The Morgan fingerprint density at radius 2 is 1.76 bits per heavy atom. The van der Waals surface area contributed by atoms with E-state index < -0.39 is 0 Å². The van der Waals surface area contributed by atoms with Crippen LogP contribution in [-0.2, 0) is 13.2 Å². The second-order valence-electron chi connectivity index (χ2n) is 3.76. The summed E-state index contributed by atoms with van der Waals surface area (Å²) in [5, 5.41) is 12.7. The summed E-state index contributed by atoms with van der Waals surface area (Å²) in [5.74, 6) is 0. The lowest BCUT2D eigenvalue weighted by Gasteiger charge is -2.12. The van der Waals surface area contributed by atoms with Crippen LogP contribution < -0.4 is 5.32 Å². The third-order valence-electron chi connectivity index (χ3n) is 2.60. The van der Waals surface area contributed by atoms with E-state index in [9.17, 15) is 5.11 Å². The predicted octanol–water partition coefficient (Wildman–Crippen LogP) is 3.55. The van der Waals surface area contributed by atoms with Gasteiger partial charge >= 0.3 is 0 Å². The third kappa shape index (κ3) is 3.08. The molecule has 2 aromatic carbocycles. The molecule has 0 aliphatic heterocycles. The molecule has 2 rings (SSSR count). The first-order chi connectivity index (χ1) is 8.31. The number of hydrogen-bond donors (Lipinski definition) is 2. The molecule has 3 heteroatoms. The van der Waals surface area contributed by atoms with Crippen LogP contribution in [0.5, 0.6) is 0 Å². The Morgan fingerprint density at radius 1 is 1.00 bits per heavy atom. The topological polar surface area (TPSA) is 32.3 Å². The highest BCUT2D eigenvalue weighted by molar-refractivity contribution is 9.10. The average Bonchev–Trinajstić information content (AvgIpc) is 2.37. The SMILES string of the molecule is OCc1c(Br)cccc1NCc1ccccc1. The molecule has 0 fully saturated rings. The maximum Gasteiger partial charge on any atom is 0.0713 e. The summed E-state index contributed by atoms with van der Waals surface area (Å²) in [6.07, 6.45) is 0. The Labute approximate surface area is 109 Å². The average molecular weight is 292 g/mol. The predicted molar refractivity (Wildman–Crippen MR) is 73.8 cm³/mol.